The van der Waals surface area contributed by atoms with Crippen LogP contribution in [0.25, 0.3) is 0 Å². The molecule has 6 nitrogen and oxygen atoms in total. The summed E-state index contributed by atoms with van der Waals surface area (Å²) in [7, 11) is 0. The highest BCUT2D eigenvalue weighted by molar-refractivity contribution is 5.36. The number of aliphatic hydroxyl groups is 3. The summed E-state index contributed by atoms with van der Waals surface area (Å²) in [5.41, 5.74) is -0.964. The molecular weight excluding hydrogens is 372 g/mol. The van der Waals surface area contributed by atoms with Crippen molar-refractivity contribution in [1.29, 1.82) is 0 Å². The third-order valence-corrected chi connectivity index (χ3v) is 9.83. The van der Waals surface area contributed by atoms with Crippen molar-refractivity contribution in [2.75, 3.05) is 6.61 Å². The minimum Gasteiger partial charge on any atom is -0.388 e. The summed E-state index contributed by atoms with van der Waals surface area (Å²) < 4.78 is 19.4. The summed E-state index contributed by atoms with van der Waals surface area (Å²) in [4.78, 5) is 0. The van der Waals surface area contributed by atoms with E-state index in [2.05, 4.69) is 20.4 Å². The summed E-state index contributed by atoms with van der Waals surface area (Å²) in [5.74, 6) is -2.88. The molecule has 0 aromatic heterocycles. The van der Waals surface area contributed by atoms with Gasteiger partial charge in [-0.3, -0.25) is 0 Å². The number of fused-ring (bicyclic) bond motifs is 2. The van der Waals surface area contributed by atoms with Gasteiger partial charge in [0.25, 0.3) is 0 Å². The van der Waals surface area contributed by atoms with Gasteiger partial charge >= 0.3 is 0 Å². The zero-order chi connectivity index (χ0) is 20.8. The van der Waals surface area contributed by atoms with Gasteiger partial charge in [-0.25, -0.2) is 0 Å². The van der Waals surface area contributed by atoms with Crippen molar-refractivity contribution in [3.05, 3.63) is 12.2 Å². The summed E-state index contributed by atoms with van der Waals surface area (Å²) in [6.07, 6.45) is 0.753. The molecule has 3 N–H and O–H groups in total. The Balaban J connectivity index is 1.67. The molecule has 3 heterocycles. The lowest BCUT2D eigenvalue weighted by molar-refractivity contribution is -0.468. The Hall–Kier alpha value is -0.500. The minimum absolute atomic E-state index is 0.0456. The largest absolute Gasteiger partial charge is 0.388 e. The van der Waals surface area contributed by atoms with Crippen LogP contribution in [0, 0.1) is 34.0 Å². The Morgan fingerprint density at radius 2 is 1.79 bits per heavy atom. The van der Waals surface area contributed by atoms with E-state index < -0.39 is 34.6 Å². The van der Waals surface area contributed by atoms with Crippen LogP contribution >= 0.6 is 0 Å². The predicted molar refractivity (Wildman–Crippen MR) is 103 cm³/mol. The van der Waals surface area contributed by atoms with Crippen molar-refractivity contribution in [2.45, 2.75) is 89.4 Å². The summed E-state index contributed by atoms with van der Waals surface area (Å²) >= 11 is 0. The predicted octanol–water partition coefficient (Wildman–Crippen LogP) is 1.97. The van der Waals surface area contributed by atoms with E-state index >= 15 is 0 Å². The number of rotatable bonds is 0. The van der Waals surface area contributed by atoms with Gasteiger partial charge in [0.05, 0.1) is 30.3 Å². The number of ether oxygens (including phenoxy) is 3. The molecule has 162 valence electrons. The van der Waals surface area contributed by atoms with Crippen LogP contribution in [0.5, 0.6) is 0 Å². The molecule has 0 aromatic rings. The molecule has 3 aliphatic heterocycles. The average molecular weight is 407 g/mol. The van der Waals surface area contributed by atoms with Crippen LogP contribution in [0.15, 0.2) is 12.2 Å². The standard InChI is InChI=1S/C23H34O6/c1-11-12-8-13-15-21-10-27-23(26,22(15,9-12)17(11)24)18(25)16(21)19(2,3)7-6-14(21)29-20(4,5)28-13/h12-18,24-26H,1,6-10H2,2-5H3/t12?,13-,14-,15?,16?,17+,18-,21-,22-,23-/m0/s1. The van der Waals surface area contributed by atoms with Crippen molar-refractivity contribution in [3.8, 4) is 0 Å². The van der Waals surface area contributed by atoms with Crippen LogP contribution in [0.2, 0.25) is 0 Å². The summed E-state index contributed by atoms with van der Waals surface area (Å²) in [5, 5.41) is 35.2. The topological polar surface area (TPSA) is 88.4 Å². The molecule has 0 aromatic carbocycles. The van der Waals surface area contributed by atoms with Crippen molar-refractivity contribution in [2.24, 2.45) is 34.0 Å². The molecule has 2 spiro atoms. The van der Waals surface area contributed by atoms with E-state index in [4.69, 9.17) is 14.2 Å². The third kappa shape index (κ3) is 1.84. The highest BCUT2D eigenvalue weighted by Crippen LogP contribution is 2.78. The average Bonchev–Trinajstić information content (AvgIpc) is 2.75. The van der Waals surface area contributed by atoms with Gasteiger partial charge < -0.3 is 29.5 Å². The Bertz CT molecular complexity index is 792. The van der Waals surface area contributed by atoms with E-state index in [1.54, 1.807) is 0 Å². The zero-order valence-corrected chi connectivity index (χ0v) is 17.9. The van der Waals surface area contributed by atoms with Gasteiger partial charge in [0.2, 0.25) is 5.79 Å². The quantitative estimate of drug-likeness (QED) is 0.533. The van der Waals surface area contributed by atoms with E-state index in [1.165, 1.54) is 0 Å². The summed E-state index contributed by atoms with van der Waals surface area (Å²) in [6, 6.07) is 0. The van der Waals surface area contributed by atoms with Gasteiger partial charge in [0.15, 0.2) is 5.79 Å². The molecule has 4 saturated carbocycles. The Kier molecular flexibility index (Phi) is 3.38. The van der Waals surface area contributed by atoms with Gasteiger partial charge in [-0.05, 0) is 56.4 Å². The fourth-order valence-electron chi connectivity index (χ4n) is 9.09. The minimum atomic E-state index is -1.81. The van der Waals surface area contributed by atoms with Crippen LogP contribution in [0.4, 0.5) is 0 Å². The first kappa shape index (κ1) is 19.2. The normalized spacial score (nSPS) is 61.2. The van der Waals surface area contributed by atoms with Crippen LogP contribution in [-0.4, -0.2) is 57.9 Å². The number of hydrogen-bond acceptors (Lipinski definition) is 6. The van der Waals surface area contributed by atoms with Crippen molar-refractivity contribution in [3.63, 3.8) is 0 Å². The maximum atomic E-state index is 12.0. The van der Waals surface area contributed by atoms with Crippen LogP contribution in [-0.2, 0) is 14.2 Å². The molecule has 7 aliphatic rings. The van der Waals surface area contributed by atoms with Crippen molar-refractivity contribution >= 4 is 0 Å². The van der Waals surface area contributed by atoms with Gasteiger partial charge in [0.1, 0.15) is 6.10 Å². The fraction of sp³-hybridized carbons (Fsp3) is 0.913. The Labute approximate surface area is 172 Å². The highest BCUT2D eigenvalue weighted by atomic mass is 16.7. The first-order valence-electron chi connectivity index (χ1n) is 11.2. The van der Waals surface area contributed by atoms with E-state index in [1.807, 2.05) is 13.8 Å². The van der Waals surface area contributed by atoms with E-state index in [0.29, 0.717) is 13.0 Å². The molecule has 3 saturated heterocycles. The lowest BCUT2D eigenvalue weighted by atomic mass is 9.35. The van der Waals surface area contributed by atoms with E-state index in [9.17, 15) is 15.3 Å². The molecule has 3 unspecified atom stereocenters. The van der Waals surface area contributed by atoms with Crippen LogP contribution in [0.1, 0.15) is 53.4 Å². The molecular formula is C23H34O6. The third-order valence-electron chi connectivity index (χ3n) is 9.83. The molecule has 0 radical (unpaired) electrons. The van der Waals surface area contributed by atoms with Gasteiger partial charge in [0, 0.05) is 17.3 Å². The highest BCUT2D eigenvalue weighted by Gasteiger charge is 2.86. The molecule has 4 aliphatic carbocycles. The van der Waals surface area contributed by atoms with Gasteiger partial charge in [-0.1, -0.05) is 20.4 Å². The molecule has 4 bridgehead atoms. The Morgan fingerprint density at radius 3 is 2.52 bits per heavy atom. The Morgan fingerprint density at radius 1 is 1.07 bits per heavy atom. The monoisotopic (exact) mass is 406 g/mol. The molecule has 0 amide bonds. The second kappa shape index (κ2) is 5.11. The van der Waals surface area contributed by atoms with Gasteiger partial charge in [-0.2, -0.15) is 0 Å². The van der Waals surface area contributed by atoms with Crippen molar-refractivity contribution in [1.82, 2.24) is 0 Å². The maximum absolute atomic E-state index is 12.0. The number of aliphatic hydroxyl groups excluding tert-OH is 2. The molecule has 10 atom stereocenters. The van der Waals surface area contributed by atoms with Gasteiger partial charge in [-0.15, -0.1) is 0 Å². The fourth-order valence-corrected chi connectivity index (χ4v) is 9.09. The summed E-state index contributed by atoms with van der Waals surface area (Å²) in [6.45, 7) is 12.8. The van der Waals surface area contributed by atoms with Crippen LogP contribution < -0.4 is 0 Å². The zero-order valence-electron chi connectivity index (χ0n) is 17.9. The second-order valence-electron chi connectivity index (χ2n) is 11.8. The lowest BCUT2D eigenvalue weighted by Gasteiger charge is -2.75. The van der Waals surface area contributed by atoms with E-state index in [0.717, 1.165) is 24.8 Å². The maximum Gasteiger partial charge on any atom is 0.201 e. The second-order valence-corrected chi connectivity index (χ2v) is 11.8. The molecule has 7 rings (SSSR count). The molecule has 7 fully saturated rings. The lowest BCUT2D eigenvalue weighted by Crippen LogP contribution is -2.85. The first-order chi connectivity index (χ1) is 13.4. The number of hydrogen-bond donors (Lipinski definition) is 3. The first-order valence-corrected chi connectivity index (χ1v) is 11.2. The SMILES string of the molecule is C=C1C2C[C@@H]3OC(C)(C)O[C@H]4CCC(C)(C)C5[C@H](O)[C@]6(O)OC[C@]54C3[C@@]6(C2)[C@@H]1O. The molecule has 29 heavy (non-hydrogen) atoms. The van der Waals surface area contributed by atoms with Crippen molar-refractivity contribution < 1.29 is 29.5 Å². The molecule has 6 heteroatoms. The van der Waals surface area contributed by atoms with Crippen LogP contribution in [0.3, 0.4) is 0 Å². The van der Waals surface area contributed by atoms with E-state index in [-0.39, 0.29) is 35.4 Å². The smallest absolute Gasteiger partial charge is 0.201 e.